The van der Waals surface area contributed by atoms with Crippen LogP contribution in [0.5, 0.6) is 0 Å². The van der Waals surface area contributed by atoms with Gasteiger partial charge in [0.1, 0.15) is 11.2 Å². The SMILES string of the molecule is CCCC(O)c1ccc2oc3ccccc3c2c1. The summed E-state index contributed by atoms with van der Waals surface area (Å²) in [5.74, 6) is 0. The van der Waals surface area contributed by atoms with Gasteiger partial charge in [0, 0.05) is 10.8 Å². The number of aliphatic hydroxyl groups excluding tert-OH is 1. The molecule has 0 fully saturated rings. The Balaban J connectivity index is 2.18. The molecule has 0 radical (unpaired) electrons. The van der Waals surface area contributed by atoms with Gasteiger partial charge in [-0.25, -0.2) is 0 Å². The number of para-hydroxylation sites is 1. The first-order valence-corrected chi connectivity index (χ1v) is 6.39. The van der Waals surface area contributed by atoms with Gasteiger partial charge >= 0.3 is 0 Å². The average molecular weight is 240 g/mol. The van der Waals surface area contributed by atoms with Gasteiger partial charge in [-0.1, -0.05) is 37.6 Å². The van der Waals surface area contributed by atoms with Crippen LogP contribution in [-0.2, 0) is 0 Å². The van der Waals surface area contributed by atoms with E-state index in [1.165, 1.54) is 0 Å². The van der Waals surface area contributed by atoms with Crippen LogP contribution >= 0.6 is 0 Å². The van der Waals surface area contributed by atoms with Crippen molar-refractivity contribution in [1.82, 2.24) is 0 Å². The predicted octanol–water partition coefficient (Wildman–Crippen LogP) is 4.42. The van der Waals surface area contributed by atoms with Gasteiger partial charge < -0.3 is 9.52 Å². The molecule has 2 nitrogen and oxygen atoms in total. The molecule has 1 N–H and O–H groups in total. The zero-order chi connectivity index (χ0) is 12.5. The third-order valence-corrected chi connectivity index (χ3v) is 3.35. The Morgan fingerprint density at radius 2 is 1.83 bits per heavy atom. The molecule has 92 valence electrons. The standard InChI is InChI=1S/C16H16O2/c1-2-5-14(17)11-8-9-16-13(10-11)12-6-3-4-7-15(12)18-16/h3-4,6-10,14,17H,2,5H2,1H3. The van der Waals surface area contributed by atoms with E-state index in [0.29, 0.717) is 0 Å². The third-order valence-electron chi connectivity index (χ3n) is 3.35. The minimum absolute atomic E-state index is 0.381. The van der Waals surface area contributed by atoms with Crippen LogP contribution in [0, 0.1) is 0 Å². The highest BCUT2D eigenvalue weighted by Gasteiger charge is 2.10. The lowest BCUT2D eigenvalue weighted by Crippen LogP contribution is -1.95. The predicted molar refractivity (Wildman–Crippen MR) is 73.6 cm³/mol. The largest absolute Gasteiger partial charge is 0.456 e. The van der Waals surface area contributed by atoms with Crippen LogP contribution in [0.1, 0.15) is 31.4 Å². The van der Waals surface area contributed by atoms with E-state index in [9.17, 15) is 5.11 Å². The van der Waals surface area contributed by atoms with E-state index in [1.54, 1.807) is 0 Å². The second kappa shape index (κ2) is 4.46. The Labute approximate surface area is 106 Å². The average Bonchev–Trinajstić information content (AvgIpc) is 2.76. The van der Waals surface area contributed by atoms with Crippen LogP contribution in [0.4, 0.5) is 0 Å². The number of hydrogen-bond donors (Lipinski definition) is 1. The summed E-state index contributed by atoms with van der Waals surface area (Å²) in [5, 5.41) is 12.2. The van der Waals surface area contributed by atoms with Crippen LogP contribution in [0.15, 0.2) is 46.9 Å². The van der Waals surface area contributed by atoms with Crippen LogP contribution in [-0.4, -0.2) is 5.11 Å². The molecule has 0 bridgehead atoms. The van der Waals surface area contributed by atoms with Gasteiger partial charge in [0.05, 0.1) is 6.10 Å². The summed E-state index contributed by atoms with van der Waals surface area (Å²) < 4.78 is 5.77. The number of rotatable bonds is 3. The molecular formula is C16H16O2. The highest BCUT2D eigenvalue weighted by atomic mass is 16.3. The molecule has 3 aromatic rings. The summed E-state index contributed by atoms with van der Waals surface area (Å²) in [5.41, 5.74) is 2.74. The molecule has 0 aliphatic carbocycles. The lowest BCUT2D eigenvalue weighted by Gasteiger charge is -2.09. The summed E-state index contributed by atoms with van der Waals surface area (Å²) in [4.78, 5) is 0. The first-order chi connectivity index (χ1) is 8.79. The second-order valence-corrected chi connectivity index (χ2v) is 4.66. The maximum atomic E-state index is 10.1. The zero-order valence-electron chi connectivity index (χ0n) is 10.4. The van der Waals surface area contributed by atoms with Crippen LogP contribution in [0.2, 0.25) is 0 Å². The molecule has 0 aliphatic heterocycles. The number of furan rings is 1. The van der Waals surface area contributed by atoms with Crippen molar-refractivity contribution in [3.05, 3.63) is 48.0 Å². The van der Waals surface area contributed by atoms with Gasteiger partial charge in [0.2, 0.25) is 0 Å². The Morgan fingerprint density at radius 1 is 1.06 bits per heavy atom. The van der Waals surface area contributed by atoms with E-state index < -0.39 is 0 Å². The highest BCUT2D eigenvalue weighted by molar-refractivity contribution is 6.04. The summed E-state index contributed by atoms with van der Waals surface area (Å²) in [6, 6.07) is 13.9. The molecule has 0 aliphatic rings. The van der Waals surface area contributed by atoms with Crippen molar-refractivity contribution in [2.75, 3.05) is 0 Å². The van der Waals surface area contributed by atoms with E-state index in [-0.39, 0.29) is 6.10 Å². The number of benzene rings is 2. The molecule has 18 heavy (non-hydrogen) atoms. The van der Waals surface area contributed by atoms with Gasteiger partial charge in [0.15, 0.2) is 0 Å². The Bertz CT molecular complexity index is 682. The second-order valence-electron chi connectivity index (χ2n) is 4.66. The van der Waals surface area contributed by atoms with Crippen molar-refractivity contribution in [3.63, 3.8) is 0 Å². The molecule has 1 aromatic heterocycles. The van der Waals surface area contributed by atoms with Crippen LogP contribution in [0.25, 0.3) is 21.9 Å². The minimum atomic E-state index is -0.381. The van der Waals surface area contributed by atoms with E-state index >= 15 is 0 Å². The van der Waals surface area contributed by atoms with Crippen molar-refractivity contribution in [3.8, 4) is 0 Å². The van der Waals surface area contributed by atoms with E-state index in [1.807, 2.05) is 36.4 Å². The quantitative estimate of drug-likeness (QED) is 0.735. The van der Waals surface area contributed by atoms with E-state index in [2.05, 4.69) is 13.0 Å². The maximum Gasteiger partial charge on any atom is 0.135 e. The van der Waals surface area contributed by atoms with Crippen LogP contribution in [0.3, 0.4) is 0 Å². The van der Waals surface area contributed by atoms with Gasteiger partial charge in [-0.15, -0.1) is 0 Å². The van der Waals surface area contributed by atoms with Crippen molar-refractivity contribution in [2.24, 2.45) is 0 Å². The summed E-state index contributed by atoms with van der Waals surface area (Å²) >= 11 is 0. The van der Waals surface area contributed by atoms with E-state index in [4.69, 9.17) is 4.42 Å². The maximum absolute atomic E-state index is 10.1. The normalized spacial score (nSPS) is 13.2. The van der Waals surface area contributed by atoms with Crippen molar-refractivity contribution in [2.45, 2.75) is 25.9 Å². The van der Waals surface area contributed by atoms with Gasteiger partial charge in [-0.05, 0) is 30.2 Å². The number of hydrogen-bond acceptors (Lipinski definition) is 2. The minimum Gasteiger partial charge on any atom is -0.456 e. The molecule has 1 atom stereocenters. The first-order valence-electron chi connectivity index (χ1n) is 6.39. The van der Waals surface area contributed by atoms with Crippen molar-refractivity contribution in [1.29, 1.82) is 0 Å². The Hall–Kier alpha value is -1.80. The fraction of sp³-hybridized carbons (Fsp3) is 0.250. The van der Waals surface area contributed by atoms with Gasteiger partial charge in [-0.3, -0.25) is 0 Å². The fourth-order valence-corrected chi connectivity index (χ4v) is 2.39. The number of aliphatic hydroxyl groups is 1. The molecule has 0 amide bonds. The molecule has 1 unspecified atom stereocenters. The third kappa shape index (κ3) is 1.79. The molecule has 2 heteroatoms. The lowest BCUT2D eigenvalue weighted by atomic mass is 10.0. The molecule has 2 aromatic carbocycles. The fourth-order valence-electron chi connectivity index (χ4n) is 2.39. The van der Waals surface area contributed by atoms with E-state index in [0.717, 1.165) is 40.3 Å². The summed E-state index contributed by atoms with van der Waals surface area (Å²) in [7, 11) is 0. The Kier molecular flexibility index (Phi) is 2.80. The molecule has 1 heterocycles. The Morgan fingerprint density at radius 3 is 2.67 bits per heavy atom. The lowest BCUT2D eigenvalue weighted by molar-refractivity contribution is 0.166. The topological polar surface area (TPSA) is 33.4 Å². The van der Waals surface area contributed by atoms with Gasteiger partial charge in [-0.2, -0.15) is 0 Å². The van der Waals surface area contributed by atoms with Crippen molar-refractivity contribution < 1.29 is 9.52 Å². The summed E-state index contributed by atoms with van der Waals surface area (Å²) in [6.45, 7) is 2.08. The molecule has 3 rings (SSSR count). The smallest absolute Gasteiger partial charge is 0.135 e. The molecule has 0 spiro atoms. The number of fused-ring (bicyclic) bond motifs is 3. The molecular weight excluding hydrogens is 224 g/mol. The monoisotopic (exact) mass is 240 g/mol. The highest BCUT2D eigenvalue weighted by Crippen LogP contribution is 2.31. The zero-order valence-corrected chi connectivity index (χ0v) is 10.4. The first kappa shape index (κ1) is 11.3. The summed E-state index contributed by atoms with van der Waals surface area (Å²) in [6.07, 6.45) is 1.39. The van der Waals surface area contributed by atoms with Gasteiger partial charge in [0.25, 0.3) is 0 Å². The van der Waals surface area contributed by atoms with Crippen LogP contribution < -0.4 is 0 Å². The molecule has 0 saturated heterocycles. The van der Waals surface area contributed by atoms with Crippen molar-refractivity contribution >= 4 is 21.9 Å². The molecule has 0 saturated carbocycles.